The number of hydrogen-bond donors (Lipinski definition) is 0. The number of halogens is 2. The Morgan fingerprint density at radius 1 is 0.862 bits per heavy atom. The highest BCUT2D eigenvalue weighted by atomic mass is 19.1. The number of benzene rings is 4. The Labute approximate surface area is 336 Å². The number of piperazine rings is 1. The van der Waals surface area contributed by atoms with E-state index in [1.165, 1.54) is 18.5 Å². The quantitative estimate of drug-likeness (QED) is 0.111. The molecule has 0 spiro atoms. The van der Waals surface area contributed by atoms with Gasteiger partial charge >= 0.3 is 5.69 Å². The number of ether oxygens (including phenoxy) is 3. The van der Waals surface area contributed by atoms with Crippen molar-refractivity contribution in [3.63, 3.8) is 0 Å². The van der Waals surface area contributed by atoms with Gasteiger partial charge in [0.05, 0.1) is 44.2 Å². The molecule has 2 aromatic heterocycles. The highest BCUT2D eigenvalue weighted by Crippen LogP contribution is 2.42. The maximum atomic E-state index is 15.0. The molecule has 8 rings (SSSR count). The van der Waals surface area contributed by atoms with E-state index in [4.69, 9.17) is 14.2 Å². The average Bonchev–Trinajstić information content (AvgIpc) is 4.02. The molecule has 302 valence electrons. The van der Waals surface area contributed by atoms with Gasteiger partial charge in [0.15, 0.2) is 0 Å². The van der Waals surface area contributed by atoms with E-state index in [9.17, 15) is 9.18 Å². The van der Waals surface area contributed by atoms with Gasteiger partial charge in [-0.3, -0.25) is 0 Å². The second kappa shape index (κ2) is 17.3. The van der Waals surface area contributed by atoms with Crippen LogP contribution in [-0.4, -0.2) is 74.6 Å². The molecule has 2 fully saturated rings. The maximum absolute atomic E-state index is 15.0. The molecule has 2 unspecified atom stereocenters. The van der Waals surface area contributed by atoms with Gasteiger partial charge in [-0.1, -0.05) is 43.3 Å². The molecule has 4 atom stereocenters. The van der Waals surface area contributed by atoms with Gasteiger partial charge in [-0.05, 0) is 79.9 Å². The smallest absolute Gasteiger partial charge is 0.350 e. The van der Waals surface area contributed by atoms with E-state index in [0.29, 0.717) is 38.2 Å². The van der Waals surface area contributed by atoms with E-state index >= 15 is 4.39 Å². The van der Waals surface area contributed by atoms with Gasteiger partial charge in [0.1, 0.15) is 42.0 Å². The van der Waals surface area contributed by atoms with Crippen LogP contribution in [0.3, 0.4) is 0 Å². The van der Waals surface area contributed by atoms with Crippen molar-refractivity contribution in [1.82, 2.24) is 29.1 Å². The molecular weight excluding hydrogens is 743 g/mol. The zero-order valence-electron chi connectivity index (χ0n) is 32.7. The van der Waals surface area contributed by atoms with Gasteiger partial charge in [0, 0.05) is 55.1 Å². The summed E-state index contributed by atoms with van der Waals surface area (Å²) in [5.41, 5.74) is 3.16. The molecule has 6 aromatic rings. The Morgan fingerprint density at radius 3 is 2.21 bits per heavy atom. The van der Waals surface area contributed by atoms with Crippen LogP contribution >= 0.6 is 0 Å². The zero-order chi connectivity index (χ0) is 40.1. The van der Waals surface area contributed by atoms with Gasteiger partial charge in [-0.2, -0.15) is 10.2 Å². The Balaban J connectivity index is 0.828. The van der Waals surface area contributed by atoms with Crippen LogP contribution in [-0.2, 0) is 28.2 Å². The lowest BCUT2D eigenvalue weighted by Gasteiger charge is -2.37. The Hall–Kier alpha value is -5.86. The van der Waals surface area contributed by atoms with Crippen LogP contribution in [0.1, 0.15) is 43.9 Å². The number of nitrogens with zero attached hydrogens (tertiary/aromatic N) is 8. The van der Waals surface area contributed by atoms with Crippen LogP contribution < -0.4 is 20.2 Å². The Morgan fingerprint density at radius 2 is 1.55 bits per heavy atom. The second-order valence-corrected chi connectivity index (χ2v) is 15.1. The lowest BCUT2D eigenvalue weighted by molar-refractivity contribution is -0.0206. The Bertz CT molecular complexity index is 2300. The van der Waals surface area contributed by atoms with E-state index in [2.05, 4.69) is 49.2 Å². The molecule has 0 saturated carbocycles. The molecular formula is C44H48F2N8O4. The van der Waals surface area contributed by atoms with E-state index in [1.807, 2.05) is 68.4 Å². The summed E-state index contributed by atoms with van der Waals surface area (Å²) in [5, 5.41) is 8.68. The van der Waals surface area contributed by atoms with Crippen molar-refractivity contribution in [3.8, 4) is 11.4 Å². The van der Waals surface area contributed by atoms with Crippen LogP contribution in [0.15, 0.2) is 121 Å². The molecule has 0 amide bonds. The topological polar surface area (TPSA) is 105 Å². The first-order valence-corrected chi connectivity index (χ1v) is 19.9. The molecule has 12 nitrogen and oxygen atoms in total. The largest absolute Gasteiger partial charge is 0.493 e. The van der Waals surface area contributed by atoms with Crippen molar-refractivity contribution in [2.45, 2.75) is 57.6 Å². The minimum atomic E-state index is -1.02. The minimum Gasteiger partial charge on any atom is -0.493 e. The summed E-state index contributed by atoms with van der Waals surface area (Å²) < 4.78 is 52.1. The van der Waals surface area contributed by atoms with Crippen LogP contribution in [0.5, 0.6) is 5.75 Å². The predicted molar refractivity (Wildman–Crippen MR) is 216 cm³/mol. The van der Waals surface area contributed by atoms with Crippen molar-refractivity contribution in [3.05, 3.63) is 149 Å². The second-order valence-electron chi connectivity index (χ2n) is 15.1. The molecule has 14 heteroatoms. The molecule has 2 aliphatic rings. The average molecular weight is 791 g/mol. The lowest BCUT2D eigenvalue weighted by Crippen LogP contribution is -2.46. The summed E-state index contributed by atoms with van der Waals surface area (Å²) in [6.07, 6.45) is 5.57. The first-order valence-electron chi connectivity index (χ1n) is 19.9. The van der Waals surface area contributed by atoms with Gasteiger partial charge in [-0.15, -0.1) is 0 Å². The predicted octanol–water partition coefficient (Wildman–Crippen LogP) is 6.80. The number of anilines is 2. The third-order valence-electron chi connectivity index (χ3n) is 11.3. The third-order valence-corrected chi connectivity index (χ3v) is 11.3. The first kappa shape index (κ1) is 39.0. The van der Waals surface area contributed by atoms with E-state index in [-0.39, 0.29) is 30.3 Å². The van der Waals surface area contributed by atoms with E-state index < -0.39 is 17.2 Å². The maximum Gasteiger partial charge on any atom is 0.350 e. The van der Waals surface area contributed by atoms with Crippen molar-refractivity contribution >= 4 is 11.4 Å². The molecule has 58 heavy (non-hydrogen) atoms. The van der Waals surface area contributed by atoms with Crippen molar-refractivity contribution in [2.75, 3.05) is 49.2 Å². The molecule has 2 aliphatic heterocycles. The molecule has 4 heterocycles. The van der Waals surface area contributed by atoms with Crippen LogP contribution in [0, 0.1) is 17.6 Å². The van der Waals surface area contributed by atoms with E-state index in [1.54, 1.807) is 26.6 Å². The lowest BCUT2D eigenvalue weighted by atomic mass is 9.87. The summed E-state index contributed by atoms with van der Waals surface area (Å²) in [6, 6.07) is 29.6. The summed E-state index contributed by atoms with van der Waals surface area (Å²) in [6.45, 7) is 8.91. The SMILES string of the molecule is CCC(C(C)OCc1ccccc1)n1ncn(-c2ccc(N3CCN(c4ccc(OC[C@@H]5CO[C@@](Cn6cncn6)(c6ccc(F)cc6F)C5)cc4)CC3)cc2)c1=O. The molecule has 0 N–H and O–H groups in total. The fraction of sp³-hybridized carbons (Fsp3) is 0.364. The normalized spacial score (nSPS) is 19.3. The number of rotatable bonds is 15. The van der Waals surface area contributed by atoms with Gasteiger partial charge in [0.2, 0.25) is 0 Å². The summed E-state index contributed by atoms with van der Waals surface area (Å²) in [5.74, 6) is -0.555. The zero-order valence-corrected chi connectivity index (χ0v) is 32.7. The standard InChI is InChI=1S/C44H48F2N8O4/c1-3-42(32(2)56-25-33-7-5-4-6-8-33)54-43(55)53(31-49-54)38-12-10-36(11-13-38)50-19-21-51(22-20-50)37-14-16-39(17-15-37)57-26-34-24-44(58-27-34,28-52-30-47-29-48-52)40-18-9-35(45)23-41(40)46/h4-18,23,29-32,34,42H,3,19-22,24-28H2,1-2H3/t32?,34-,42?,44+/m1/s1. The van der Waals surface area contributed by atoms with Crippen molar-refractivity contribution in [2.24, 2.45) is 5.92 Å². The summed E-state index contributed by atoms with van der Waals surface area (Å²) in [7, 11) is 0. The van der Waals surface area contributed by atoms with Crippen molar-refractivity contribution < 1.29 is 23.0 Å². The van der Waals surface area contributed by atoms with Gasteiger partial charge in [-0.25, -0.2) is 32.5 Å². The molecule has 0 radical (unpaired) electrons. The van der Waals surface area contributed by atoms with Crippen LogP contribution in [0.4, 0.5) is 20.2 Å². The van der Waals surface area contributed by atoms with Crippen LogP contribution in [0.2, 0.25) is 0 Å². The fourth-order valence-electron chi connectivity index (χ4n) is 8.14. The third kappa shape index (κ3) is 8.53. The number of aromatic nitrogens is 6. The monoisotopic (exact) mass is 790 g/mol. The summed E-state index contributed by atoms with van der Waals surface area (Å²) >= 11 is 0. The van der Waals surface area contributed by atoms with Gasteiger partial charge in [0.25, 0.3) is 0 Å². The van der Waals surface area contributed by atoms with Crippen LogP contribution in [0.25, 0.3) is 5.69 Å². The highest BCUT2D eigenvalue weighted by molar-refractivity contribution is 5.54. The molecule has 2 saturated heterocycles. The highest BCUT2D eigenvalue weighted by Gasteiger charge is 2.44. The Kier molecular flexibility index (Phi) is 11.6. The fourth-order valence-corrected chi connectivity index (χ4v) is 8.14. The first-order chi connectivity index (χ1) is 28.3. The molecule has 0 aliphatic carbocycles. The number of hydrogen-bond acceptors (Lipinski definition) is 9. The van der Waals surface area contributed by atoms with Gasteiger partial charge < -0.3 is 24.0 Å². The minimum absolute atomic E-state index is 0.0128. The summed E-state index contributed by atoms with van der Waals surface area (Å²) in [4.78, 5) is 22.2. The van der Waals surface area contributed by atoms with E-state index in [0.717, 1.165) is 60.6 Å². The van der Waals surface area contributed by atoms with Crippen molar-refractivity contribution in [1.29, 1.82) is 0 Å². The molecule has 0 bridgehead atoms. The molecule has 4 aromatic carbocycles.